The number of hydrogen-bond donors (Lipinski definition) is 0. The van der Waals surface area contributed by atoms with E-state index in [0.717, 1.165) is 16.3 Å². The molecule has 5 rings (SSSR count). The van der Waals surface area contributed by atoms with Gasteiger partial charge in [0.25, 0.3) is 5.91 Å². The van der Waals surface area contributed by atoms with E-state index in [1.807, 2.05) is 6.92 Å². The Morgan fingerprint density at radius 3 is 2.69 bits per heavy atom. The maximum absolute atomic E-state index is 13.4. The van der Waals surface area contributed by atoms with Crippen LogP contribution in [0, 0.1) is 0 Å². The number of fused-ring (bicyclic) bond motifs is 2. The number of aryl methyl sites for hydroxylation is 2. The maximum Gasteiger partial charge on any atom is 0.435 e. The maximum atomic E-state index is 13.4. The quantitative estimate of drug-likeness (QED) is 0.456. The van der Waals surface area contributed by atoms with Gasteiger partial charge in [-0.1, -0.05) is 0 Å². The Hall–Kier alpha value is -3.28. The van der Waals surface area contributed by atoms with E-state index < -0.39 is 11.9 Å². The molecule has 0 saturated heterocycles. The molecule has 166 valence electrons. The van der Waals surface area contributed by atoms with Crippen LogP contribution in [0.3, 0.4) is 0 Å². The SMILES string of the molecule is C[C@H]1c2nn(C)c(-c3cc(C(F)(F)F)nn3C)c2CCN1C(=O)c1cncc2ncsc12. The van der Waals surface area contributed by atoms with Crippen molar-refractivity contribution < 1.29 is 18.0 Å². The van der Waals surface area contributed by atoms with Crippen LogP contribution < -0.4 is 0 Å². The lowest BCUT2D eigenvalue weighted by Gasteiger charge is -2.33. The van der Waals surface area contributed by atoms with E-state index in [1.165, 1.54) is 23.1 Å². The van der Waals surface area contributed by atoms with Crippen molar-refractivity contribution in [1.82, 2.24) is 34.4 Å². The second kappa shape index (κ2) is 7.12. The van der Waals surface area contributed by atoms with Crippen LogP contribution in [0.1, 0.15) is 40.3 Å². The number of halogens is 3. The number of carbonyl (C=O) groups is 1. The van der Waals surface area contributed by atoms with Crippen molar-refractivity contribution in [1.29, 1.82) is 0 Å². The first kappa shape index (κ1) is 20.6. The lowest BCUT2D eigenvalue weighted by molar-refractivity contribution is -0.141. The van der Waals surface area contributed by atoms with Crippen molar-refractivity contribution in [3.05, 3.63) is 46.5 Å². The topological polar surface area (TPSA) is 81.7 Å². The zero-order chi connectivity index (χ0) is 22.8. The molecule has 32 heavy (non-hydrogen) atoms. The van der Waals surface area contributed by atoms with E-state index in [1.54, 1.807) is 34.5 Å². The largest absolute Gasteiger partial charge is 0.435 e. The highest BCUT2D eigenvalue weighted by Gasteiger charge is 2.38. The summed E-state index contributed by atoms with van der Waals surface area (Å²) in [5.41, 5.74) is 4.29. The fourth-order valence-corrected chi connectivity index (χ4v) is 5.03. The molecule has 8 nitrogen and oxygen atoms in total. The van der Waals surface area contributed by atoms with Gasteiger partial charge < -0.3 is 4.90 Å². The van der Waals surface area contributed by atoms with Crippen LogP contribution in [0.4, 0.5) is 13.2 Å². The fourth-order valence-electron chi connectivity index (χ4n) is 4.27. The molecule has 0 bridgehead atoms. The molecule has 0 aromatic carbocycles. The molecule has 0 fully saturated rings. The molecule has 4 aromatic rings. The third-order valence-corrected chi connectivity index (χ3v) is 6.66. The van der Waals surface area contributed by atoms with Crippen molar-refractivity contribution in [3.8, 4) is 11.4 Å². The first-order chi connectivity index (χ1) is 15.2. The van der Waals surface area contributed by atoms with Gasteiger partial charge in [0.15, 0.2) is 5.69 Å². The molecule has 0 unspecified atom stereocenters. The average Bonchev–Trinajstić information content (AvgIpc) is 3.44. The Labute approximate surface area is 184 Å². The number of rotatable bonds is 2. The highest BCUT2D eigenvalue weighted by molar-refractivity contribution is 7.17. The minimum Gasteiger partial charge on any atom is -0.330 e. The van der Waals surface area contributed by atoms with E-state index >= 15 is 0 Å². The summed E-state index contributed by atoms with van der Waals surface area (Å²) in [4.78, 5) is 23.4. The molecule has 0 spiro atoms. The van der Waals surface area contributed by atoms with Gasteiger partial charge in [0.2, 0.25) is 0 Å². The second-order valence-electron chi connectivity index (χ2n) is 7.68. The number of carbonyl (C=O) groups excluding carboxylic acids is 1. The van der Waals surface area contributed by atoms with Crippen molar-refractivity contribution >= 4 is 27.5 Å². The smallest absolute Gasteiger partial charge is 0.330 e. The highest BCUT2D eigenvalue weighted by atomic mass is 32.1. The molecule has 0 saturated carbocycles. The minimum absolute atomic E-state index is 0.169. The zero-order valence-electron chi connectivity index (χ0n) is 17.4. The Morgan fingerprint density at radius 2 is 1.97 bits per heavy atom. The second-order valence-corrected chi connectivity index (χ2v) is 8.54. The van der Waals surface area contributed by atoms with Crippen LogP contribution in [0.25, 0.3) is 21.6 Å². The number of alkyl halides is 3. The van der Waals surface area contributed by atoms with E-state index in [0.29, 0.717) is 41.1 Å². The predicted molar refractivity (Wildman–Crippen MR) is 111 cm³/mol. The van der Waals surface area contributed by atoms with Gasteiger partial charge >= 0.3 is 6.18 Å². The predicted octanol–water partition coefficient (Wildman–Crippen LogP) is 3.60. The average molecular weight is 461 g/mol. The molecule has 0 aliphatic carbocycles. The summed E-state index contributed by atoms with van der Waals surface area (Å²) in [5.74, 6) is -0.169. The molecule has 5 heterocycles. The standard InChI is InChI=1S/C20H18F3N7OS/c1-10-16-11(17(29(3)27-16)14-6-15(20(21,22)23)26-28(14)2)4-5-30(10)19(31)12-7-24-8-13-18(12)32-9-25-13/h6-10H,4-5H2,1-3H3/t10-/m0/s1. The molecule has 1 aliphatic rings. The van der Waals surface area contributed by atoms with Crippen LogP contribution in [0.5, 0.6) is 0 Å². The first-order valence-electron chi connectivity index (χ1n) is 9.82. The van der Waals surface area contributed by atoms with Gasteiger partial charge in [-0.05, 0) is 19.4 Å². The minimum atomic E-state index is -4.53. The van der Waals surface area contributed by atoms with E-state index in [4.69, 9.17) is 0 Å². The molecule has 1 amide bonds. The summed E-state index contributed by atoms with van der Waals surface area (Å²) >= 11 is 1.38. The lowest BCUT2D eigenvalue weighted by Crippen LogP contribution is -2.39. The summed E-state index contributed by atoms with van der Waals surface area (Å²) in [6.07, 6.45) is -0.901. The molecular formula is C20H18F3N7OS. The normalized spacial score (nSPS) is 16.6. The van der Waals surface area contributed by atoms with Gasteiger partial charge in [-0.15, -0.1) is 11.3 Å². The number of hydrogen-bond acceptors (Lipinski definition) is 6. The molecule has 12 heteroatoms. The molecule has 1 atom stereocenters. The molecule has 0 radical (unpaired) electrons. The third-order valence-electron chi connectivity index (χ3n) is 5.79. The van der Waals surface area contributed by atoms with Crippen molar-refractivity contribution in [2.45, 2.75) is 25.6 Å². The summed E-state index contributed by atoms with van der Waals surface area (Å²) in [6.45, 7) is 2.28. The zero-order valence-corrected chi connectivity index (χ0v) is 18.2. The van der Waals surface area contributed by atoms with Gasteiger partial charge in [-0.3, -0.25) is 19.1 Å². The number of nitrogens with zero attached hydrogens (tertiary/aromatic N) is 7. The van der Waals surface area contributed by atoms with Crippen LogP contribution in [0.2, 0.25) is 0 Å². The van der Waals surface area contributed by atoms with Gasteiger partial charge in [0.1, 0.15) is 5.52 Å². The Balaban J connectivity index is 1.53. The van der Waals surface area contributed by atoms with Crippen molar-refractivity contribution in [3.63, 3.8) is 0 Å². The molecular weight excluding hydrogens is 443 g/mol. The van der Waals surface area contributed by atoms with Gasteiger partial charge in [-0.25, -0.2) is 4.98 Å². The van der Waals surface area contributed by atoms with E-state index in [9.17, 15) is 18.0 Å². The van der Waals surface area contributed by atoms with Crippen molar-refractivity contribution in [2.24, 2.45) is 14.1 Å². The van der Waals surface area contributed by atoms with Crippen LogP contribution in [-0.4, -0.2) is 46.9 Å². The molecule has 0 N–H and O–H groups in total. The fraction of sp³-hybridized carbons (Fsp3) is 0.350. The van der Waals surface area contributed by atoms with Crippen LogP contribution >= 0.6 is 11.3 Å². The summed E-state index contributed by atoms with van der Waals surface area (Å²) in [5, 5.41) is 8.20. The first-order valence-corrected chi connectivity index (χ1v) is 10.7. The van der Waals surface area contributed by atoms with E-state index in [2.05, 4.69) is 20.2 Å². The lowest BCUT2D eigenvalue weighted by atomic mass is 9.96. The Bertz CT molecular complexity index is 1350. The van der Waals surface area contributed by atoms with Crippen molar-refractivity contribution in [2.75, 3.05) is 6.54 Å². The molecule has 4 aromatic heterocycles. The molecule has 1 aliphatic heterocycles. The Kier molecular flexibility index (Phi) is 4.59. The van der Waals surface area contributed by atoms with Gasteiger partial charge in [-0.2, -0.15) is 23.4 Å². The number of pyridine rings is 1. The van der Waals surface area contributed by atoms with E-state index in [-0.39, 0.29) is 11.9 Å². The number of thiazole rings is 1. The summed E-state index contributed by atoms with van der Waals surface area (Å²) in [6, 6.07) is 0.681. The Morgan fingerprint density at radius 1 is 1.19 bits per heavy atom. The number of aromatic nitrogens is 6. The number of amides is 1. The highest BCUT2D eigenvalue weighted by Crippen LogP contribution is 2.38. The van der Waals surface area contributed by atoms with Crippen LogP contribution in [0.15, 0.2) is 24.0 Å². The monoisotopic (exact) mass is 461 g/mol. The van der Waals surface area contributed by atoms with Gasteiger partial charge in [0, 0.05) is 32.4 Å². The summed E-state index contributed by atoms with van der Waals surface area (Å²) in [7, 11) is 3.17. The summed E-state index contributed by atoms with van der Waals surface area (Å²) < 4.78 is 43.1. The third kappa shape index (κ3) is 3.08. The van der Waals surface area contributed by atoms with Gasteiger partial charge in [0.05, 0.1) is 45.1 Å². The van der Waals surface area contributed by atoms with Crippen LogP contribution in [-0.2, 0) is 26.7 Å².